The molecule has 154 valence electrons. The lowest BCUT2D eigenvalue weighted by atomic mass is 9.87. The van der Waals surface area contributed by atoms with Crippen molar-refractivity contribution in [3.63, 3.8) is 0 Å². The number of carbonyl (C=O) groups excluding carboxylic acids is 2. The predicted molar refractivity (Wildman–Crippen MR) is 110 cm³/mol. The van der Waals surface area contributed by atoms with Crippen LogP contribution in [0, 0.1) is 11.8 Å². The van der Waals surface area contributed by atoms with E-state index in [-0.39, 0.29) is 48.5 Å². The van der Waals surface area contributed by atoms with E-state index in [1.165, 1.54) is 6.42 Å². The fourth-order valence-corrected chi connectivity index (χ4v) is 3.71. The van der Waals surface area contributed by atoms with Gasteiger partial charge in [0.15, 0.2) is 0 Å². The van der Waals surface area contributed by atoms with E-state index >= 15 is 0 Å². The van der Waals surface area contributed by atoms with Crippen LogP contribution in [0.1, 0.15) is 47.0 Å². The number of hydrogen-bond donors (Lipinski definition) is 2. The van der Waals surface area contributed by atoms with Crippen LogP contribution in [-0.4, -0.2) is 65.9 Å². The second-order valence-electron chi connectivity index (χ2n) is 7.89. The molecule has 2 saturated heterocycles. The third-order valence-corrected chi connectivity index (χ3v) is 6.03. The molecule has 26 heavy (non-hydrogen) atoms. The van der Waals surface area contributed by atoms with E-state index in [1.807, 2.05) is 11.8 Å². The molecule has 2 aliphatic rings. The van der Waals surface area contributed by atoms with Crippen molar-refractivity contribution in [2.45, 2.75) is 58.5 Å². The molecule has 0 aromatic heterocycles. The molecule has 2 aliphatic heterocycles. The summed E-state index contributed by atoms with van der Waals surface area (Å²) in [6.45, 7) is 12.1. The molecule has 0 spiro atoms. The molecule has 2 amide bonds. The van der Waals surface area contributed by atoms with Crippen molar-refractivity contribution in [3.8, 4) is 0 Å². The number of nitrogens with zero attached hydrogens (tertiary/aromatic N) is 2. The molecule has 0 saturated carbocycles. The lowest BCUT2D eigenvalue weighted by molar-refractivity contribution is -0.130. The molecule has 3 N–H and O–H groups in total. The molecule has 2 heterocycles. The molecule has 0 aromatic carbocycles. The Labute approximate surface area is 170 Å². The van der Waals surface area contributed by atoms with Gasteiger partial charge in [-0.3, -0.25) is 14.5 Å². The number of likely N-dealkylation sites (tertiary alicyclic amines) is 2. The highest BCUT2D eigenvalue weighted by Gasteiger charge is 2.39. The average molecular weight is 411 g/mol. The van der Waals surface area contributed by atoms with Crippen molar-refractivity contribution in [1.29, 1.82) is 0 Å². The number of halogens is 2. The van der Waals surface area contributed by atoms with Gasteiger partial charge in [-0.1, -0.05) is 20.8 Å². The van der Waals surface area contributed by atoms with E-state index in [1.54, 1.807) is 0 Å². The Hall–Kier alpha value is -0.560. The summed E-state index contributed by atoms with van der Waals surface area (Å²) in [4.78, 5) is 29.3. The minimum atomic E-state index is -0.419. The largest absolute Gasteiger partial charge is 0.349 e. The highest BCUT2D eigenvalue weighted by molar-refractivity contribution is 5.89. The van der Waals surface area contributed by atoms with Crippen LogP contribution < -0.4 is 11.1 Å². The van der Waals surface area contributed by atoms with Gasteiger partial charge >= 0.3 is 0 Å². The molecule has 8 heteroatoms. The van der Waals surface area contributed by atoms with E-state index in [0.29, 0.717) is 25.6 Å². The Morgan fingerprint density at radius 3 is 2.58 bits per heavy atom. The van der Waals surface area contributed by atoms with Crippen molar-refractivity contribution in [1.82, 2.24) is 15.1 Å². The number of likely N-dealkylation sites (N-methyl/N-ethyl adjacent to an activating group) is 1. The summed E-state index contributed by atoms with van der Waals surface area (Å²) in [6.07, 6.45) is 2.67. The molecule has 2 rings (SSSR count). The summed E-state index contributed by atoms with van der Waals surface area (Å²) in [5.74, 6) is 0.0678. The maximum atomic E-state index is 12.6. The van der Waals surface area contributed by atoms with Crippen LogP contribution in [-0.2, 0) is 9.59 Å². The molecule has 0 aromatic rings. The Balaban J connectivity index is 0.00000312. The van der Waals surface area contributed by atoms with E-state index in [9.17, 15) is 9.59 Å². The van der Waals surface area contributed by atoms with Gasteiger partial charge in [0.25, 0.3) is 0 Å². The number of carbonyl (C=O) groups is 2. The average Bonchev–Trinajstić information content (AvgIpc) is 3.14. The molecule has 0 aliphatic carbocycles. The molecule has 3 atom stereocenters. The quantitative estimate of drug-likeness (QED) is 0.668. The fraction of sp³-hybridized carbons (Fsp3) is 0.889. The van der Waals surface area contributed by atoms with Crippen LogP contribution in [0.2, 0.25) is 0 Å². The Morgan fingerprint density at radius 2 is 2.04 bits per heavy atom. The van der Waals surface area contributed by atoms with Gasteiger partial charge in [0.2, 0.25) is 11.8 Å². The SMILES string of the molecule is CCN1CCCC1CN1CC(C(=O)NC(C)(CN)C(C)C)CC1=O.Cl.Cl. The van der Waals surface area contributed by atoms with Crippen molar-refractivity contribution < 1.29 is 9.59 Å². The van der Waals surface area contributed by atoms with Gasteiger partial charge in [0, 0.05) is 32.1 Å². The first-order valence-electron chi connectivity index (χ1n) is 9.34. The Kier molecular flexibility index (Phi) is 10.5. The first-order chi connectivity index (χ1) is 11.3. The van der Waals surface area contributed by atoms with Crippen molar-refractivity contribution in [2.24, 2.45) is 17.6 Å². The Bertz CT molecular complexity index is 478. The highest BCUT2D eigenvalue weighted by Crippen LogP contribution is 2.24. The van der Waals surface area contributed by atoms with Gasteiger partial charge in [-0.05, 0) is 38.8 Å². The van der Waals surface area contributed by atoms with Crippen molar-refractivity contribution >= 4 is 36.6 Å². The first-order valence-corrected chi connectivity index (χ1v) is 9.34. The molecule has 6 nitrogen and oxygen atoms in total. The van der Waals surface area contributed by atoms with Crippen LogP contribution in [0.15, 0.2) is 0 Å². The molecular formula is C18H36Cl2N4O2. The number of nitrogens with two attached hydrogens (primary N) is 1. The van der Waals surface area contributed by atoms with Gasteiger partial charge in [-0.2, -0.15) is 0 Å². The lowest BCUT2D eigenvalue weighted by Crippen LogP contribution is -2.56. The zero-order valence-electron chi connectivity index (χ0n) is 16.5. The number of amides is 2. The van der Waals surface area contributed by atoms with Crippen LogP contribution in [0.25, 0.3) is 0 Å². The number of hydrogen-bond acceptors (Lipinski definition) is 4. The normalized spacial score (nSPS) is 25.6. The zero-order chi connectivity index (χ0) is 17.9. The highest BCUT2D eigenvalue weighted by atomic mass is 35.5. The third-order valence-electron chi connectivity index (χ3n) is 6.03. The number of rotatable bonds is 7. The van der Waals surface area contributed by atoms with Crippen molar-refractivity contribution in [3.05, 3.63) is 0 Å². The maximum absolute atomic E-state index is 12.6. The van der Waals surface area contributed by atoms with Crippen LogP contribution >= 0.6 is 24.8 Å². The molecule has 2 fully saturated rings. The summed E-state index contributed by atoms with van der Waals surface area (Å²) >= 11 is 0. The molecule has 3 unspecified atom stereocenters. The molecule has 0 bridgehead atoms. The smallest absolute Gasteiger partial charge is 0.225 e. The minimum Gasteiger partial charge on any atom is -0.349 e. The van der Waals surface area contributed by atoms with Gasteiger partial charge in [0.1, 0.15) is 0 Å². The van der Waals surface area contributed by atoms with E-state index in [0.717, 1.165) is 26.1 Å². The monoisotopic (exact) mass is 410 g/mol. The predicted octanol–water partition coefficient (Wildman–Crippen LogP) is 1.65. The van der Waals surface area contributed by atoms with Gasteiger partial charge in [-0.25, -0.2) is 0 Å². The Morgan fingerprint density at radius 1 is 1.38 bits per heavy atom. The van der Waals surface area contributed by atoms with E-state index < -0.39 is 5.54 Å². The van der Waals surface area contributed by atoms with Crippen LogP contribution in [0.4, 0.5) is 0 Å². The maximum Gasteiger partial charge on any atom is 0.225 e. The van der Waals surface area contributed by atoms with E-state index in [4.69, 9.17) is 5.73 Å². The zero-order valence-corrected chi connectivity index (χ0v) is 18.1. The summed E-state index contributed by atoms with van der Waals surface area (Å²) < 4.78 is 0. The standard InChI is InChI=1S/C18H34N4O2.2ClH/c1-5-21-8-6-7-15(21)11-22-10-14(9-16(22)23)17(24)20-18(4,12-19)13(2)3;;/h13-15H,5-12,19H2,1-4H3,(H,20,24);2*1H. The van der Waals surface area contributed by atoms with Crippen LogP contribution in [0.3, 0.4) is 0 Å². The van der Waals surface area contributed by atoms with Crippen molar-refractivity contribution in [2.75, 3.05) is 32.7 Å². The van der Waals surface area contributed by atoms with Gasteiger partial charge < -0.3 is 16.0 Å². The van der Waals surface area contributed by atoms with Gasteiger partial charge in [0.05, 0.1) is 11.5 Å². The topological polar surface area (TPSA) is 78.7 Å². The molecule has 0 radical (unpaired) electrons. The lowest BCUT2D eigenvalue weighted by Gasteiger charge is -2.34. The summed E-state index contributed by atoms with van der Waals surface area (Å²) in [6, 6.07) is 0.450. The summed E-state index contributed by atoms with van der Waals surface area (Å²) in [7, 11) is 0. The fourth-order valence-electron chi connectivity index (χ4n) is 3.71. The van der Waals surface area contributed by atoms with Crippen LogP contribution in [0.5, 0.6) is 0 Å². The second-order valence-corrected chi connectivity index (χ2v) is 7.89. The van der Waals surface area contributed by atoms with E-state index in [2.05, 4.69) is 31.0 Å². The number of nitrogens with one attached hydrogen (secondary N) is 1. The first kappa shape index (κ1) is 25.4. The second kappa shape index (κ2) is 10.7. The molecular weight excluding hydrogens is 375 g/mol. The summed E-state index contributed by atoms with van der Waals surface area (Å²) in [5, 5.41) is 3.09. The third kappa shape index (κ3) is 5.72. The summed E-state index contributed by atoms with van der Waals surface area (Å²) in [5.41, 5.74) is 5.43. The minimum absolute atomic E-state index is 0. The van der Waals surface area contributed by atoms with Gasteiger partial charge in [-0.15, -0.1) is 24.8 Å².